The predicted molar refractivity (Wildman–Crippen MR) is 117 cm³/mol. The summed E-state index contributed by atoms with van der Waals surface area (Å²) in [5.74, 6) is -0.201. The zero-order valence-corrected chi connectivity index (χ0v) is 18.3. The predicted octanol–water partition coefficient (Wildman–Crippen LogP) is 4.14. The zero-order valence-electron chi connectivity index (χ0n) is 17.5. The molecule has 158 valence electrons. The van der Waals surface area contributed by atoms with Crippen molar-refractivity contribution in [2.75, 3.05) is 6.54 Å². The first-order valence-electron chi connectivity index (χ1n) is 9.64. The van der Waals surface area contributed by atoms with Gasteiger partial charge in [0.2, 0.25) is 0 Å². The van der Waals surface area contributed by atoms with Crippen LogP contribution in [0.1, 0.15) is 42.0 Å². The SMILES string of the molecule is Cn1nccc1-c1ccc(C(=O)NC(CNC(=O)OC(C)(C)C)c2ccccc2)s1. The van der Waals surface area contributed by atoms with Gasteiger partial charge >= 0.3 is 6.09 Å². The molecule has 3 rings (SSSR count). The minimum atomic E-state index is -0.589. The molecule has 0 bridgehead atoms. The van der Waals surface area contributed by atoms with Crippen molar-refractivity contribution in [2.24, 2.45) is 7.05 Å². The van der Waals surface area contributed by atoms with Crippen LogP contribution in [0, 0.1) is 0 Å². The van der Waals surface area contributed by atoms with Crippen molar-refractivity contribution in [3.05, 3.63) is 65.2 Å². The molecule has 2 aromatic heterocycles. The minimum Gasteiger partial charge on any atom is -0.444 e. The number of rotatable bonds is 6. The molecule has 2 amide bonds. The zero-order chi connectivity index (χ0) is 21.7. The number of benzene rings is 1. The average Bonchev–Trinajstić information content (AvgIpc) is 3.33. The Balaban J connectivity index is 1.71. The first-order chi connectivity index (χ1) is 14.2. The number of hydrogen-bond acceptors (Lipinski definition) is 5. The number of aryl methyl sites for hydroxylation is 1. The molecule has 1 aromatic carbocycles. The van der Waals surface area contributed by atoms with Gasteiger partial charge in [-0.25, -0.2) is 4.79 Å². The Morgan fingerprint density at radius 2 is 1.87 bits per heavy atom. The molecular formula is C22H26N4O3S. The Morgan fingerprint density at radius 3 is 2.50 bits per heavy atom. The van der Waals surface area contributed by atoms with Gasteiger partial charge in [0.15, 0.2) is 0 Å². The molecule has 0 fully saturated rings. The number of nitrogens with one attached hydrogen (secondary N) is 2. The molecule has 0 saturated heterocycles. The number of ether oxygens (including phenoxy) is 1. The molecule has 1 unspecified atom stereocenters. The highest BCUT2D eigenvalue weighted by molar-refractivity contribution is 7.17. The van der Waals surface area contributed by atoms with Crippen LogP contribution >= 0.6 is 11.3 Å². The molecule has 0 radical (unpaired) electrons. The summed E-state index contributed by atoms with van der Waals surface area (Å²) in [7, 11) is 1.86. The van der Waals surface area contributed by atoms with E-state index in [2.05, 4.69) is 15.7 Å². The molecule has 0 aliphatic heterocycles. The summed E-state index contributed by atoms with van der Waals surface area (Å²) in [6.07, 6.45) is 1.20. The van der Waals surface area contributed by atoms with Crippen molar-refractivity contribution in [3.63, 3.8) is 0 Å². The third-order valence-corrected chi connectivity index (χ3v) is 5.37. The smallest absolute Gasteiger partial charge is 0.407 e. The molecule has 8 heteroatoms. The monoisotopic (exact) mass is 426 g/mol. The Labute approximate surface area is 180 Å². The number of nitrogens with zero attached hydrogens (tertiary/aromatic N) is 2. The van der Waals surface area contributed by atoms with Crippen LogP contribution in [0.2, 0.25) is 0 Å². The lowest BCUT2D eigenvalue weighted by Gasteiger charge is -2.23. The van der Waals surface area contributed by atoms with Gasteiger partial charge in [-0.05, 0) is 44.5 Å². The van der Waals surface area contributed by atoms with Crippen LogP contribution in [0.4, 0.5) is 4.79 Å². The molecule has 0 spiro atoms. The molecule has 0 aliphatic rings. The second kappa shape index (κ2) is 9.13. The van der Waals surface area contributed by atoms with E-state index >= 15 is 0 Å². The van der Waals surface area contributed by atoms with Crippen LogP contribution < -0.4 is 10.6 Å². The van der Waals surface area contributed by atoms with Crippen LogP contribution in [0.5, 0.6) is 0 Å². The first kappa shape index (κ1) is 21.6. The van der Waals surface area contributed by atoms with E-state index in [1.807, 2.05) is 49.5 Å². The van der Waals surface area contributed by atoms with Crippen molar-refractivity contribution >= 4 is 23.3 Å². The van der Waals surface area contributed by atoms with Gasteiger partial charge in [0.05, 0.1) is 21.5 Å². The summed E-state index contributed by atoms with van der Waals surface area (Å²) in [6, 6.07) is 14.7. The topological polar surface area (TPSA) is 85.3 Å². The van der Waals surface area contributed by atoms with Crippen molar-refractivity contribution in [3.8, 4) is 10.6 Å². The Morgan fingerprint density at radius 1 is 1.13 bits per heavy atom. The number of amides is 2. The maximum absolute atomic E-state index is 12.9. The Kier molecular flexibility index (Phi) is 6.56. The van der Waals surface area contributed by atoms with Gasteiger partial charge < -0.3 is 15.4 Å². The number of hydrogen-bond donors (Lipinski definition) is 2. The summed E-state index contributed by atoms with van der Waals surface area (Å²) >= 11 is 1.40. The lowest BCUT2D eigenvalue weighted by atomic mass is 10.1. The molecule has 30 heavy (non-hydrogen) atoms. The molecule has 0 aliphatic carbocycles. The molecule has 0 saturated carbocycles. The fraction of sp³-hybridized carbons (Fsp3) is 0.318. The second-order valence-corrected chi connectivity index (χ2v) is 8.91. The van der Waals surface area contributed by atoms with Crippen LogP contribution in [-0.4, -0.2) is 33.9 Å². The van der Waals surface area contributed by atoms with E-state index in [1.165, 1.54) is 11.3 Å². The van der Waals surface area contributed by atoms with Gasteiger partial charge in [0.1, 0.15) is 5.60 Å². The number of thiophene rings is 1. The first-order valence-corrected chi connectivity index (χ1v) is 10.5. The average molecular weight is 427 g/mol. The van der Waals surface area contributed by atoms with Crippen LogP contribution in [0.3, 0.4) is 0 Å². The number of carbonyl (C=O) groups excluding carboxylic acids is 2. The Hall–Kier alpha value is -3.13. The summed E-state index contributed by atoms with van der Waals surface area (Å²) in [6.45, 7) is 5.63. The van der Waals surface area contributed by atoms with E-state index in [4.69, 9.17) is 4.74 Å². The van der Waals surface area contributed by atoms with E-state index in [1.54, 1.807) is 37.7 Å². The summed E-state index contributed by atoms with van der Waals surface area (Å²) in [5.41, 5.74) is 1.25. The minimum absolute atomic E-state index is 0.201. The lowest BCUT2D eigenvalue weighted by molar-refractivity contribution is 0.0520. The van der Waals surface area contributed by atoms with Crippen molar-refractivity contribution in [2.45, 2.75) is 32.4 Å². The molecule has 3 aromatic rings. The maximum Gasteiger partial charge on any atom is 0.407 e. The van der Waals surface area contributed by atoms with Crippen molar-refractivity contribution in [1.82, 2.24) is 20.4 Å². The lowest BCUT2D eigenvalue weighted by Crippen LogP contribution is -2.40. The highest BCUT2D eigenvalue weighted by atomic mass is 32.1. The van der Waals surface area contributed by atoms with E-state index in [9.17, 15) is 9.59 Å². The van der Waals surface area contributed by atoms with E-state index in [-0.39, 0.29) is 12.5 Å². The molecule has 1 atom stereocenters. The Bertz CT molecular complexity index is 1000. The number of alkyl carbamates (subject to hydrolysis) is 1. The van der Waals surface area contributed by atoms with Gasteiger partial charge in [-0.3, -0.25) is 9.48 Å². The van der Waals surface area contributed by atoms with Gasteiger partial charge in [-0.2, -0.15) is 5.10 Å². The molecule has 7 nitrogen and oxygen atoms in total. The van der Waals surface area contributed by atoms with Crippen LogP contribution in [0.25, 0.3) is 10.6 Å². The largest absolute Gasteiger partial charge is 0.444 e. The summed E-state index contributed by atoms with van der Waals surface area (Å²) in [5, 5.41) is 9.94. The fourth-order valence-corrected chi connectivity index (χ4v) is 3.85. The normalized spacial score (nSPS) is 12.3. The molecule has 2 N–H and O–H groups in total. The highest BCUT2D eigenvalue weighted by Crippen LogP contribution is 2.28. The third-order valence-electron chi connectivity index (χ3n) is 4.26. The van der Waals surface area contributed by atoms with Crippen molar-refractivity contribution in [1.29, 1.82) is 0 Å². The third kappa shape index (κ3) is 5.70. The van der Waals surface area contributed by atoms with E-state index < -0.39 is 17.7 Å². The van der Waals surface area contributed by atoms with Crippen molar-refractivity contribution < 1.29 is 14.3 Å². The standard InChI is InChI=1S/C22H26N4O3S/c1-22(2,3)29-21(28)23-14-16(15-8-6-5-7-9-15)25-20(27)19-11-10-18(30-19)17-12-13-24-26(17)4/h5-13,16H,14H2,1-4H3,(H,23,28)(H,25,27). The number of aromatic nitrogens is 2. The van der Waals surface area contributed by atoms with E-state index in [0.717, 1.165) is 16.1 Å². The van der Waals surface area contributed by atoms with Gasteiger partial charge in [0, 0.05) is 19.8 Å². The van der Waals surface area contributed by atoms with Gasteiger partial charge in [-0.1, -0.05) is 30.3 Å². The van der Waals surface area contributed by atoms with Gasteiger partial charge in [-0.15, -0.1) is 11.3 Å². The van der Waals surface area contributed by atoms with E-state index in [0.29, 0.717) is 4.88 Å². The van der Waals surface area contributed by atoms with Crippen LogP contribution in [-0.2, 0) is 11.8 Å². The quantitative estimate of drug-likeness (QED) is 0.620. The summed E-state index contributed by atoms with van der Waals surface area (Å²) < 4.78 is 7.07. The highest BCUT2D eigenvalue weighted by Gasteiger charge is 2.21. The fourth-order valence-electron chi connectivity index (χ4n) is 2.88. The molecular weight excluding hydrogens is 400 g/mol. The molecule has 2 heterocycles. The van der Waals surface area contributed by atoms with Gasteiger partial charge in [0.25, 0.3) is 5.91 Å². The second-order valence-electron chi connectivity index (χ2n) is 7.82. The maximum atomic E-state index is 12.9. The number of carbonyl (C=O) groups is 2. The van der Waals surface area contributed by atoms with Crippen LogP contribution in [0.15, 0.2) is 54.7 Å². The summed E-state index contributed by atoms with van der Waals surface area (Å²) in [4.78, 5) is 26.5.